The first kappa shape index (κ1) is 14.6. The van der Waals surface area contributed by atoms with Gasteiger partial charge < -0.3 is 15.7 Å². The number of carbonyl (C=O) groups excluding carboxylic acids is 1. The summed E-state index contributed by atoms with van der Waals surface area (Å²) < 4.78 is 13.4. The lowest BCUT2D eigenvalue weighted by Crippen LogP contribution is -2.36. The molecule has 1 aromatic carbocycles. The number of hydrogen-bond acceptors (Lipinski definition) is 2. The van der Waals surface area contributed by atoms with Crippen molar-refractivity contribution in [1.82, 2.24) is 5.32 Å². The van der Waals surface area contributed by atoms with Crippen LogP contribution in [0.15, 0.2) is 18.2 Å². The molecule has 0 spiro atoms. The standard InChI is InChI=1S/C13H14ClFN2O3/c14-8-2-4-10(15)11(6-8)17-13(20)16-9-3-1-7(5-9)12(18)19/h2,4,6-7,9H,1,3,5H2,(H,18,19)(H2,16,17,20)/t7-,9+/m1/s1. The Labute approximate surface area is 120 Å². The number of halogens is 2. The van der Waals surface area contributed by atoms with Crippen LogP contribution in [0.3, 0.4) is 0 Å². The molecule has 1 aromatic rings. The minimum Gasteiger partial charge on any atom is -0.481 e. The Kier molecular flexibility index (Phi) is 4.44. The van der Waals surface area contributed by atoms with Gasteiger partial charge in [-0.1, -0.05) is 11.6 Å². The van der Waals surface area contributed by atoms with E-state index in [4.69, 9.17) is 16.7 Å². The van der Waals surface area contributed by atoms with Gasteiger partial charge in [0, 0.05) is 11.1 Å². The number of amides is 2. The van der Waals surface area contributed by atoms with Gasteiger partial charge in [0.05, 0.1) is 11.6 Å². The molecule has 7 heteroatoms. The molecule has 1 saturated carbocycles. The molecule has 5 nitrogen and oxygen atoms in total. The van der Waals surface area contributed by atoms with Gasteiger partial charge in [0.1, 0.15) is 5.82 Å². The van der Waals surface area contributed by atoms with Crippen molar-refractivity contribution in [3.63, 3.8) is 0 Å². The maximum absolute atomic E-state index is 13.4. The second-order valence-electron chi connectivity index (χ2n) is 4.77. The molecule has 1 aliphatic rings. The first-order valence-corrected chi connectivity index (χ1v) is 6.59. The van der Waals surface area contributed by atoms with Gasteiger partial charge in [-0.3, -0.25) is 4.79 Å². The fourth-order valence-electron chi connectivity index (χ4n) is 2.27. The van der Waals surface area contributed by atoms with Crippen LogP contribution < -0.4 is 10.6 Å². The van der Waals surface area contributed by atoms with Crippen LogP contribution in [-0.2, 0) is 4.79 Å². The smallest absolute Gasteiger partial charge is 0.319 e. The van der Waals surface area contributed by atoms with Crippen LogP contribution in [0.1, 0.15) is 19.3 Å². The van der Waals surface area contributed by atoms with Gasteiger partial charge in [-0.25, -0.2) is 9.18 Å². The van der Waals surface area contributed by atoms with Gasteiger partial charge in [0.2, 0.25) is 0 Å². The molecule has 2 atom stereocenters. The third-order valence-electron chi connectivity index (χ3n) is 3.29. The molecule has 2 amide bonds. The number of hydrogen-bond donors (Lipinski definition) is 3. The molecule has 0 unspecified atom stereocenters. The molecule has 0 saturated heterocycles. The summed E-state index contributed by atoms with van der Waals surface area (Å²) in [5.74, 6) is -1.86. The highest BCUT2D eigenvalue weighted by Gasteiger charge is 2.30. The summed E-state index contributed by atoms with van der Waals surface area (Å²) in [6.07, 6.45) is 1.52. The maximum Gasteiger partial charge on any atom is 0.319 e. The number of urea groups is 1. The van der Waals surface area contributed by atoms with Crippen LogP contribution in [0.2, 0.25) is 5.02 Å². The topological polar surface area (TPSA) is 78.4 Å². The predicted octanol–water partition coefficient (Wildman–Crippen LogP) is 2.85. The van der Waals surface area contributed by atoms with Crippen molar-refractivity contribution in [2.45, 2.75) is 25.3 Å². The summed E-state index contributed by atoms with van der Waals surface area (Å²) in [6.45, 7) is 0. The van der Waals surface area contributed by atoms with E-state index in [0.29, 0.717) is 24.3 Å². The van der Waals surface area contributed by atoms with E-state index < -0.39 is 23.7 Å². The summed E-state index contributed by atoms with van der Waals surface area (Å²) in [5.41, 5.74) is -0.0113. The van der Waals surface area contributed by atoms with E-state index in [0.717, 1.165) is 6.07 Å². The minimum absolute atomic E-state index is 0.0113. The van der Waals surface area contributed by atoms with Crippen LogP contribution in [0, 0.1) is 11.7 Å². The third kappa shape index (κ3) is 3.60. The van der Waals surface area contributed by atoms with E-state index in [1.54, 1.807) is 0 Å². The number of nitrogens with one attached hydrogen (secondary N) is 2. The average Bonchev–Trinajstić information content (AvgIpc) is 2.82. The first-order chi connectivity index (χ1) is 9.45. The highest BCUT2D eigenvalue weighted by atomic mass is 35.5. The van der Waals surface area contributed by atoms with Crippen molar-refractivity contribution in [2.24, 2.45) is 5.92 Å². The van der Waals surface area contributed by atoms with Crippen molar-refractivity contribution < 1.29 is 19.1 Å². The van der Waals surface area contributed by atoms with E-state index in [1.165, 1.54) is 12.1 Å². The van der Waals surface area contributed by atoms with Gasteiger partial charge >= 0.3 is 12.0 Å². The van der Waals surface area contributed by atoms with Crippen molar-refractivity contribution >= 4 is 29.3 Å². The summed E-state index contributed by atoms with van der Waals surface area (Å²) in [6, 6.07) is 3.08. The Morgan fingerprint density at radius 3 is 2.75 bits per heavy atom. The monoisotopic (exact) mass is 300 g/mol. The van der Waals surface area contributed by atoms with Gasteiger partial charge in [-0.2, -0.15) is 0 Å². The van der Waals surface area contributed by atoms with Crippen LogP contribution in [-0.4, -0.2) is 23.1 Å². The second-order valence-corrected chi connectivity index (χ2v) is 5.20. The van der Waals surface area contributed by atoms with E-state index in [9.17, 15) is 14.0 Å². The van der Waals surface area contributed by atoms with E-state index >= 15 is 0 Å². The molecule has 0 heterocycles. The van der Waals surface area contributed by atoms with Crippen LogP contribution in [0.4, 0.5) is 14.9 Å². The van der Waals surface area contributed by atoms with E-state index in [2.05, 4.69) is 10.6 Å². The van der Waals surface area contributed by atoms with Crippen molar-refractivity contribution in [3.05, 3.63) is 29.0 Å². The average molecular weight is 301 g/mol. The molecule has 108 valence electrons. The van der Waals surface area contributed by atoms with Crippen LogP contribution in [0.5, 0.6) is 0 Å². The second kappa shape index (κ2) is 6.09. The number of carboxylic acids is 1. The number of carboxylic acid groups (broad SMARTS) is 1. The van der Waals surface area contributed by atoms with Crippen molar-refractivity contribution in [2.75, 3.05) is 5.32 Å². The first-order valence-electron chi connectivity index (χ1n) is 6.21. The normalized spacial score (nSPS) is 21.5. The summed E-state index contributed by atoms with van der Waals surface area (Å²) in [5, 5.41) is 14.2. The Hall–Kier alpha value is -1.82. The molecular weight excluding hydrogens is 287 g/mol. The lowest BCUT2D eigenvalue weighted by molar-refractivity contribution is -0.141. The van der Waals surface area contributed by atoms with Gasteiger partial charge in [0.25, 0.3) is 0 Å². The molecule has 1 fully saturated rings. The van der Waals surface area contributed by atoms with Crippen LogP contribution in [0.25, 0.3) is 0 Å². The summed E-state index contributed by atoms with van der Waals surface area (Å²) in [4.78, 5) is 22.5. The molecule has 3 N–H and O–H groups in total. The zero-order valence-corrected chi connectivity index (χ0v) is 11.3. The number of carbonyl (C=O) groups is 2. The van der Waals surface area contributed by atoms with Crippen molar-refractivity contribution in [1.29, 1.82) is 0 Å². The SMILES string of the molecule is O=C(Nc1cc(Cl)ccc1F)N[C@H]1CC[C@@H](C(=O)O)C1. The van der Waals surface area contributed by atoms with E-state index in [1.807, 2.05) is 0 Å². The number of rotatable bonds is 3. The molecule has 1 aliphatic carbocycles. The molecular formula is C13H14ClFN2O3. The number of benzene rings is 1. The molecule has 0 aliphatic heterocycles. The Balaban J connectivity index is 1.90. The highest BCUT2D eigenvalue weighted by molar-refractivity contribution is 6.30. The third-order valence-corrected chi connectivity index (χ3v) is 3.53. The maximum atomic E-state index is 13.4. The Morgan fingerprint density at radius 2 is 2.10 bits per heavy atom. The van der Waals surface area contributed by atoms with Crippen molar-refractivity contribution in [3.8, 4) is 0 Å². The zero-order chi connectivity index (χ0) is 14.7. The Bertz CT molecular complexity index is 538. The largest absolute Gasteiger partial charge is 0.481 e. The lowest BCUT2D eigenvalue weighted by atomic mass is 10.1. The molecule has 0 aromatic heterocycles. The lowest BCUT2D eigenvalue weighted by Gasteiger charge is -2.14. The molecule has 20 heavy (non-hydrogen) atoms. The summed E-state index contributed by atoms with van der Waals surface area (Å²) in [7, 11) is 0. The summed E-state index contributed by atoms with van der Waals surface area (Å²) >= 11 is 5.72. The Morgan fingerprint density at radius 1 is 1.35 bits per heavy atom. The highest BCUT2D eigenvalue weighted by Crippen LogP contribution is 2.26. The van der Waals surface area contributed by atoms with Gasteiger partial charge in [0.15, 0.2) is 0 Å². The fraction of sp³-hybridized carbons (Fsp3) is 0.385. The quantitative estimate of drug-likeness (QED) is 0.803. The number of aliphatic carboxylic acids is 1. The minimum atomic E-state index is -0.851. The predicted molar refractivity (Wildman–Crippen MR) is 72.3 cm³/mol. The van der Waals surface area contributed by atoms with Gasteiger partial charge in [-0.15, -0.1) is 0 Å². The van der Waals surface area contributed by atoms with Crippen LogP contribution >= 0.6 is 11.6 Å². The zero-order valence-electron chi connectivity index (χ0n) is 10.5. The number of anilines is 1. The van der Waals surface area contributed by atoms with Gasteiger partial charge in [-0.05, 0) is 37.5 Å². The molecule has 2 rings (SSSR count). The molecule has 0 radical (unpaired) electrons. The fourth-order valence-corrected chi connectivity index (χ4v) is 2.45. The van der Waals surface area contributed by atoms with E-state index in [-0.39, 0.29) is 11.7 Å². The molecule has 0 bridgehead atoms.